The van der Waals surface area contributed by atoms with E-state index in [-0.39, 0.29) is 5.82 Å². The van der Waals surface area contributed by atoms with Crippen LogP contribution in [0.25, 0.3) is 11.0 Å². The fourth-order valence-corrected chi connectivity index (χ4v) is 2.58. The maximum absolute atomic E-state index is 13.2. The first kappa shape index (κ1) is 12.4. The Labute approximate surface area is 119 Å². The van der Waals surface area contributed by atoms with Crippen LogP contribution in [0.3, 0.4) is 0 Å². The molecule has 0 aliphatic rings. The number of fused-ring (bicyclic) bond motifs is 1. The zero-order valence-electron chi connectivity index (χ0n) is 10.4. The van der Waals surface area contributed by atoms with Crippen molar-refractivity contribution < 1.29 is 4.39 Å². The molecule has 3 rings (SSSR count). The number of hydrogen-bond acceptors (Lipinski definition) is 1. The van der Waals surface area contributed by atoms with E-state index < -0.39 is 0 Å². The molecular weight excluding hydrogens is 307 g/mol. The molecule has 2 nitrogen and oxygen atoms in total. The van der Waals surface area contributed by atoms with Crippen LogP contribution in [0.1, 0.15) is 11.4 Å². The van der Waals surface area contributed by atoms with Gasteiger partial charge in [-0.25, -0.2) is 9.37 Å². The number of hydrogen-bond donors (Lipinski definition) is 0. The van der Waals surface area contributed by atoms with Crippen LogP contribution in [0.15, 0.2) is 46.9 Å². The molecular formula is C15H12BrFN2. The van der Waals surface area contributed by atoms with E-state index in [1.807, 2.05) is 31.2 Å². The first-order valence-corrected chi connectivity index (χ1v) is 6.79. The van der Waals surface area contributed by atoms with Crippen molar-refractivity contribution in [1.82, 2.24) is 9.55 Å². The number of nitrogens with zero attached hydrogens (tertiary/aromatic N) is 2. The van der Waals surface area contributed by atoms with Crippen LogP contribution in [0, 0.1) is 12.7 Å². The summed E-state index contributed by atoms with van der Waals surface area (Å²) in [6.07, 6.45) is 0. The number of rotatable bonds is 2. The van der Waals surface area contributed by atoms with Crippen LogP contribution >= 0.6 is 15.9 Å². The maximum atomic E-state index is 13.2. The Hall–Kier alpha value is -1.68. The van der Waals surface area contributed by atoms with Crippen LogP contribution in [-0.2, 0) is 6.54 Å². The Kier molecular flexibility index (Phi) is 3.11. The summed E-state index contributed by atoms with van der Waals surface area (Å²) >= 11 is 3.47. The van der Waals surface area contributed by atoms with Crippen LogP contribution in [0.2, 0.25) is 0 Å². The van der Waals surface area contributed by atoms with Crippen LogP contribution in [-0.4, -0.2) is 9.55 Å². The van der Waals surface area contributed by atoms with Crippen molar-refractivity contribution in [2.75, 3.05) is 0 Å². The second kappa shape index (κ2) is 4.78. The summed E-state index contributed by atoms with van der Waals surface area (Å²) in [6, 6.07) is 12.7. The van der Waals surface area contributed by atoms with Gasteiger partial charge in [-0.2, -0.15) is 0 Å². The quantitative estimate of drug-likeness (QED) is 0.689. The van der Waals surface area contributed by atoms with Crippen LogP contribution in [0.5, 0.6) is 0 Å². The van der Waals surface area contributed by atoms with E-state index in [0.717, 1.165) is 26.9 Å². The third-order valence-corrected chi connectivity index (χ3v) is 3.62. The zero-order chi connectivity index (χ0) is 13.4. The average molecular weight is 319 g/mol. The molecule has 0 spiro atoms. The van der Waals surface area contributed by atoms with Gasteiger partial charge in [-0.3, -0.25) is 0 Å². The third kappa shape index (κ3) is 2.40. The van der Waals surface area contributed by atoms with Crippen LogP contribution < -0.4 is 0 Å². The predicted octanol–water partition coefficient (Wildman–Crippen LogP) is 4.29. The van der Waals surface area contributed by atoms with Crippen molar-refractivity contribution in [3.8, 4) is 0 Å². The molecule has 2 aromatic carbocycles. The molecule has 0 amide bonds. The summed E-state index contributed by atoms with van der Waals surface area (Å²) in [4.78, 5) is 4.52. The van der Waals surface area contributed by atoms with Gasteiger partial charge in [0.05, 0.1) is 11.0 Å². The number of imidazole rings is 1. The lowest BCUT2D eigenvalue weighted by atomic mass is 10.2. The number of aryl methyl sites for hydroxylation is 1. The van der Waals surface area contributed by atoms with E-state index in [1.54, 1.807) is 12.1 Å². The van der Waals surface area contributed by atoms with Crippen molar-refractivity contribution in [3.63, 3.8) is 0 Å². The highest BCUT2D eigenvalue weighted by Gasteiger charge is 2.08. The highest BCUT2D eigenvalue weighted by Crippen LogP contribution is 2.22. The second-order valence-corrected chi connectivity index (χ2v) is 5.42. The van der Waals surface area contributed by atoms with Gasteiger partial charge in [0.15, 0.2) is 0 Å². The van der Waals surface area contributed by atoms with E-state index in [9.17, 15) is 4.39 Å². The largest absolute Gasteiger partial charge is 0.324 e. The molecule has 96 valence electrons. The Morgan fingerprint density at radius 2 is 2.05 bits per heavy atom. The molecule has 0 radical (unpaired) electrons. The lowest BCUT2D eigenvalue weighted by molar-refractivity contribution is 0.623. The molecule has 0 saturated carbocycles. The molecule has 0 aliphatic heterocycles. The van der Waals surface area contributed by atoms with Gasteiger partial charge in [0.1, 0.15) is 11.6 Å². The van der Waals surface area contributed by atoms with Gasteiger partial charge in [-0.05, 0) is 42.8 Å². The van der Waals surface area contributed by atoms with E-state index >= 15 is 0 Å². The van der Waals surface area contributed by atoms with Gasteiger partial charge in [-0.1, -0.05) is 28.1 Å². The Balaban J connectivity index is 2.09. The molecule has 0 atom stereocenters. The molecule has 4 heteroatoms. The van der Waals surface area contributed by atoms with Gasteiger partial charge in [0.2, 0.25) is 0 Å². The first-order chi connectivity index (χ1) is 9.13. The van der Waals surface area contributed by atoms with Gasteiger partial charge >= 0.3 is 0 Å². The normalized spacial score (nSPS) is 11.1. The van der Waals surface area contributed by atoms with E-state index in [1.165, 1.54) is 6.07 Å². The van der Waals surface area contributed by atoms with Gasteiger partial charge in [-0.15, -0.1) is 0 Å². The second-order valence-electron chi connectivity index (χ2n) is 4.51. The smallest absolute Gasteiger partial charge is 0.123 e. The van der Waals surface area contributed by atoms with Gasteiger partial charge in [0, 0.05) is 11.0 Å². The highest BCUT2D eigenvalue weighted by atomic mass is 79.9. The summed E-state index contributed by atoms with van der Waals surface area (Å²) < 4.78 is 16.3. The van der Waals surface area contributed by atoms with E-state index in [4.69, 9.17) is 0 Å². The lowest BCUT2D eigenvalue weighted by Gasteiger charge is -2.07. The fraction of sp³-hybridized carbons (Fsp3) is 0.133. The Morgan fingerprint density at radius 1 is 1.21 bits per heavy atom. The summed E-state index contributed by atoms with van der Waals surface area (Å²) in [7, 11) is 0. The van der Waals surface area contributed by atoms with Crippen molar-refractivity contribution >= 4 is 27.0 Å². The molecule has 0 fully saturated rings. The lowest BCUT2D eigenvalue weighted by Crippen LogP contribution is -2.02. The molecule has 3 aromatic rings. The molecule has 1 heterocycles. The van der Waals surface area contributed by atoms with Crippen molar-refractivity contribution in [3.05, 3.63) is 64.1 Å². The average Bonchev–Trinajstić information content (AvgIpc) is 2.66. The molecule has 0 saturated heterocycles. The molecule has 19 heavy (non-hydrogen) atoms. The Bertz CT molecular complexity index is 749. The van der Waals surface area contributed by atoms with Gasteiger partial charge in [0.25, 0.3) is 0 Å². The molecule has 0 N–H and O–H groups in total. The minimum atomic E-state index is -0.208. The minimum Gasteiger partial charge on any atom is -0.324 e. The highest BCUT2D eigenvalue weighted by molar-refractivity contribution is 9.10. The number of benzene rings is 2. The molecule has 0 bridgehead atoms. The van der Waals surface area contributed by atoms with E-state index in [0.29, 0.717) is 6.54 Å². The number of halogens is 2. The number of aromatic nitrogens is 2. The first-order valence-electron chi connectivity index (χ1n) is 6.00. The summed E-state index contributed by atoms with van der Waals surface area (Å²) in [5, 5.41) is 0. The van der Waals surface area contributed by atoms with Crippen molar-refractivity contribution in [2.45, 2.75) is 13.5 Å². The van der Waals surface area contributed by atoms with Crippen molar-refractivity contribution in [1.29, 1.82) is 0 Å². The summed E-state index contributed by atoms with van der Waals surface area (Å²) in [5.74, 6) is 0.720. The van der Waals surface area contributed by atoms with Crippen molar-refractivity contribution in [2.24, 2.45) is 0 Å². The SMILES string of the molecule is Cc1nc2ccc(Br)cc2n1Cc1cccc(F)c1. The predicted molar refractivity (Wildman–Crippen MR) is 77.7 cm³/mol. The zero-order valence-corrected chi connectivity index (χ0v) is 12.0. The topological polar surface area (TPSA) is 17.8 Å². The van der Waals surface area contributed by atoms with E-state index in [2.05, 4.69) is 25.5 Å². The summed E-state index contributed by atoms with van der Waals surface area (Å²) in [6.45, 7) is 2.59. The maximum Gasteiger partial charge on any atom is 0.123 e. The van der Waals surface area contributed by atoms with Crippen LogP contribution in [0.4, 0.5) is 4.39 Å². The Morgan fingerprint density at radius 3 is 2.84 bits per heavy atom. The third-order valence-electron chi connectivity index (χ3n) is 3.13. The van der Waals surface area contributed by atoms with Gasteiger partial charge < -0.3 is 4.57 Å². The molecule has 0 aliphatic carbocycles. The fourth-order valence-electron chi connectivity index (χ4n) is 2.23. The standard InChI is InChI=1S/C15H12BrFN2/c1-10-18-14-6-5-12(16)8-15(14)19(10)9-11-3-2-4-13(17)7-11/h2-8H,9H2,1H3. The minimum absolute atomic E-state index is 0.208. The molecule has 1 aromatic heterocycles. The monoisotopic (exact) mass is 318 g/mol. The molecule has 0 unspecified atom stereocenters. The summed E-state index contributed by atoms with van der Waals surface area (Å²) in [5.41, 5.74) is 2.94.